The average molecular weight is 469 g/mol. The molecule has 8 heteroatoms. The number of hydrogen-bond acceptors (Lipinski definition) is 6. The number of aldehydes is 1. The SMILES string of the molecule is C=CC(=O)NCCC(CC)C[C@H](C)C=O.CC.CO.Cc1cccc(N2CCN(F)CC2)n1. The first-order valence-electron chi connectivity index (χ1n) is 11.8. The fourth-order valence-corrected chi connectivity index (χ4v) is 3.16. The van der Waals surface area contributed by atoms with E-state index in [1.165, 1.54) is 6.08 Å². The van der Waals surface area contributed by atoms with E-state index in [1.54, 1.807) is 0 Å². The molecule has 0 saturated carbocycles. The number of carbonyl (C=O) groups is 2. The molecule has 2 rings (SSSR count). The van der Waals surface area contributed by atoms with Crippen LogP contribution in [0.5, 0.6) is 0 Å². The van der Waals surface area contributed by atoms with Crippen LogP contribution in [0.2, 0.25) is 0 Å². The number of hydrogen-bond donors (Lipinski definition) is 2. The number of aliphatic hydroxyl groups excluding tert-OH is 1. The molecule has 0 spiro atoms. The highest BCUT2D eigenvalue weighted by Gasteiger charge is 2.17. The number of carbonyl (C=O) groups excluding carboxylic acids is 2. The van der Waals surface area contributed by atoms with Crippen molar-refractivity contribution in [2.24, 2.45) is 11.8 Å². The van der Waals surface area contributed by atoms with Crippen molar-refractivity contribution in [1.29, 1.82) is 0 Å². The van der Waals surface area contributed by atoms with Gasteiger partial charge in [0.25, 0.3) is 0 Å². The Balaban J connectivity index is 0. The van der Waals surface area contributed by atoms with Crippen LogP contribution in [0.15, 0.2) is 30.9 Å². The van der Waals surface area contributed by atoms with Crippen LogP contribution in [0.25, 0.3) is 0 Å². The number of rotatable bonds is 9. The van der Waals surface area contributed by atoms with Crippen LogP contribution in [-0.2, 0) is 9.59 Å². The highest BCUT2D eigenvalue weighted by Crippen LogP contribution is 2.17. The minimum atomic E-state index is -0.131. The molecule has 2 N–H and O–H groups in total. The summed E-state index contributed by atoms with van der Waals surface area (Å²) in [6.07, 6.45) is 5.14. The third-order valence-corrected chi connectivity index (χ3v) is 4.97. The summed E-state index contributed by atoms with van der Waals surface area (Å²) in [5, 5.41) is 10.6. The quantitative estimate of drug-likeness (QED) is 0.324. The lowest BCUT2D eigenvalue weighted by Gasteiger charge is -2.30. The van der Waals surface area contributed by atoms with E-state index in [9.17, 15) is 14.1 Å². The molecule has 0 bridgehead atoms. The molecule has 1 saturated heterocycles. The molecule has 2 heterocycles. The summed E-state index contributed by atoms with van der Waals surface area (Å²) < 4.78 is 12.7. The predicted molar refractivity (Wildman–Crippen MR) is 135 cm³/mol. The van der Waals surface area contributed by atoms with Crippen LogP contribution in [0.4, 0.5) is 10.3 Å². The van der Waals surface area contributed by atoms with Crippen molar-refractivity contribution < 1.29 is 19.2 Å². The normalized spacial score (nSPS) is 14.6. The maximum atomic E-state index is 12.7. The summed E-state index contributed by atoms with van der Waals surface area (Å²) in [4.78, 5) is 27.9. The van der Waals surface area contributed by atoms with Crippen molar-refractivity contribution in [3.63, 3.8) is 0 Å². The molecule has 7 nitrogen and oxygen atoms in total. The maximum absolute atomic E-state index is 12.7. The average Bonchev–Trinajstić information content (AvgIpc) is 2.86. The summed E-state index contributed by atoms with van der Waals surface area (Å²) in [6.45, 7) is 16.4. The van der Waals surface area contributed by atoms with Crippen LogP contribution in [0, 0.1) is 18.8 Å². The zero-order valence-corrected chi connectivity index (χ0v) is 21.4. The number of amides is 1. The van der Waals surface area contributed by atoms with E-state index >= 15 is 0 Å². The van der Waals surface area contributed by atoms with Crippen molar-refractivity contribution >= 4 is 18.0 Å². The van der Waals surface area contributed by atoms with E-state index < -0.39 is 0 Å². The molecule has 1 unspecified atom stereocenters. The van der Waals surface area contributed by atoms with Crippen LogP contribution in [-0.4, -0.2) is 67.2 Å². The van der Waals surface area contributed by atoms with Gasteiger partial charge in [0.05, 0.1) is 0 Å². The topological polar surface area (TPSA) is 85.8 Å². The van der Waals surface area contributed by atoms with Gasteiger partial charge in [0.1, 0.15) is 12.1 Å². The molecule has 33 heavy (non-hydrogen) atoms. The number of aromatic nitrogens is 1. The molecular formula is C25H45FN4O3. The monoisotopic (exact) mass is 468 g/mol. The largest absolute Gasteiger partial charge is 0.400 e. The van der Waals surface area contributed by atoms with Crippen LogP contribution in [0.1, 0.15) is 52.7 Å². The molecule has 1 fully saturated rings. The van der Waals surface area contributed by atoms with Gasteiger partial charge in [-0.15, -0.1) is 9.60 Å². The highest BCUT2D eigenvalue weighted by molar-refractivity contribution is 5.86. The molecule has 1 aliphatic rings. The van der Waals surface area contributed by atoms with E-state index in [4.69, 9.17) is 5.11 Å². The van der Waals surface area contributed by atoms with Gasteiger partial charge in [-0.25, -0.2) is 4.98 Å². The number of anilines is 1. The van der Waals surface area contributed by atoms with Gasteiger partial charge in [0.2, 0.25) is 5.91 Å². The third kappa shape index (κ3) is 16.0. The van der Waals surface area contributed by atoms with Gasteiger partial charge >= 0.3 is 0 Å². The number of piperazine rings is 1. The first kappa shape index (κ1) is 32.9. The van der Waals surface area contributed by atoms with E-state index in [2.05, 4.69) is 28.7 Å². The summed E-state index contributed by atoms with van der Waals surface area (Å²) in [5.74, 6) is 1.45. The molecule has 1 aromatic rings. The lowest BCUT2D eigenvalue weighted by atomic mass is 9.92. The number of nitrogens with one attached hydrogen (secondary N) is 1. The van der Waals surface area contributed by atoms with Gasteiger partial charge in [-0.1, -0.05) is 46.8 Å². The summed E-state index contributed by atoms with van der Waals surface area (Å²) in [5.41, 5.74) is 1.00. The highest BCUT2D eigenvalue weighted by atomic mass is 19.2. The van der Waals surface area contributed by atoms with Crippen molar-refractivity contribution in [2.75, 3.05) is 44.7 Å². The minimum Gasteiger partial charge on any atom is -0.400 e. The van der Waals surface area contributed by atoms with E-state index in [0.29, 0.717) is 38.6 Å². The van der Waals surface area contributed by atoms with Crippen molar-refractivity contribution in [2.45, 2.75) is 53.9 Å². The lowest BCUT2D eigenvalue weighted by molar-refractivity contribution is -0.116. The van der Waals surface area contributed by atoms with Crippen molar-refractivity contribution in [3.05, 3.63) is 36.5 Å². The van der Waals surface area contributed by atoms with Gasteiger partial charge in [-0.3, -0.25) is 4.79 Å². The first-order valence-corrected chi connectivity index (χ1v) is 11.8. The second-order valence-corrected chi connectivity index (χ2v) is 7.44. The number of aliphatic hydroxyl groups is 1. The fourth-order valence-electron chi connectivity index (χ4n) is 3.16. The summed E-state index contributed by atoms with van der Waals surface area (Å²) in [7, 11) is 1.00. The zero-order valence-electron chi connectivity index (χ0n) is 21.4. The summed E-state index contributed by atoms with van der Waals surface area (Å²) in [6, 6.07) is 5.93. The molecule has 1 amide bonds. The molecule has 1 aromatic heterocycles. The van der Waals surface area contributed by atoms with E-state index in [-0.39, 0.29) is 11.8 Å². The Morgan fingerprint density at radius 3 is 2.36 bits per heavy atom. The molecule has 190 valence electrons. The van der Waals surface area contributed by atoms with Gasteiger partial charge in [0, 0.05) is 51.4 Å². The van der Waals surface area contributed by atoms with E-state index in [0.717, 1.165) is 49.3 Å². The Kier molecular flexibility index (Phi) is 21.4. The molecule has 0 aliphatic carbocycles. The number of nitrogens with zero attached hydrogens (tertiary/aromatic N) is 3. The van der Waals surface area contributed by atoms with Crippen LogP contribution in [0.3, 0.4) is 0 Å². The molecule has 0 aromatic carbocycles. The molecule has 0 radical (unpaired) electrons. The van der Waals surface area contributed by atoms with Crippen LogP contribution >= 0.6 is 0 Å². The summed E-state index contributed by atoms with van der Waals surface area (Å²) >= 11 is 0. The van der Waals surface area contributed by atoms with Gasteiger partial charge < -0.3 is 20.1 Å². The Hall–Kier alpha value is -2.32. The van der Waals surface area contributed by atoms with Crippen molar-refractivity contribution in [1.82, 2.24) is 15.4 Å². The Labute approximate surface area is 200 Å². The minimum absolute atomic E-state index is 0.116. The zero-order chi connectivity index (χ0) is 25.6. The molecular weight excluding hydrogens is 423 g/mol. The number of aryl methyl sites for hydroxylation is 1. The first-order chi connectivity index (χ1) is 15.9. The lowest BCUT2D eigenvalue weighted by Crippen LogP contribution is -2.43. The number of pyridine rings is 1. The third-order valence-electron chi connectivity index (χ3n) is 4.97. The molecule has 2 atom stereocenters. The van der Waals surface area contributed by atoms with Gasteiger partial charge in [0.15, 0.2) is 0 Å². The van der Waals surface area contributed by atoms with Crippen LogP contribution < -0.4 is 10.2 Å². The standard InChI is InChI=1S/C12H21NO2.C10H14FN3.C2H6.CH4O/c1-4-11(8-10(3)9-14)6-7-13-12(15)5-2;1-9-3-2-4-10(12-9)13-5-7-14(11)8-6-13;2*1-2/h5,9-11H,2,4,6-8H2,1,3H3,(H,13,15);2-4H,5-8H2,1H3;1-2H3;2H,1H3/t10-,11?;;;/m0.../s1. The van der Waals surface area contributed by atoms with Gasteiger partial charge in [-0.05, 0) is 43.9 Å². The van der Waals surface area contributed by atoms with Gasteiger partial charge in [-0.2, -0.15) is 0 Å². The number of halogens is 1. The van der Waals surface area contributed by atoms with Crippen molar-refractivity contribution in [3.8, 4) is 0 Å². The Morgan fingerprint density at radius 2 is 1.88 bits per heavy atom. The fraction of sp³-hybridized carbons (Fsp3) is 0.640. The van der Waals surface area contributed by atoms with E-state index in [1.807, 2.05) is 45.9 Å². The predicted octanol–water partition coefficient (Wildman–Crippen LogP) is 3.96. The smallest absolute Gasteiger partial charge is 0.243 e. The Bertz CT molecular complexity index is 638. The molecule has 1 aliphatic heterocycles. The Morgan fingerprint density at radius 1 is 1.27 bits per heavy atom. The second kappa shape index (κ2) is 21.5. The second-order valence-electron chi connectivity index (χ2n) is 7.44. The maximum Gasteiger partial charge on any atom is 0.243 e.